The van der Waals surface area contributed by atoms with E-state index >= 15 is 0 Å². The van der Waals surface area contributed by atoms with Crippen molar-refractivity contribution in [1.29, 1.82) is 0 Å². The maximum atomic E-state index is 11.2. The number of primary amides is 1. The van der Waals surface area contributed by atoms with Gasteiger partial charge < -0.3 is 22.1 Å². The summed E-state index contributed by atoms with van der Waals surface area (Å²) in [6.45, 7) is 1.22. The molecule has 0 rings (SSSR count). The van der Waals surface area contributed by atoms with Crippen LogP contribution in [0.5, 0.6) is 0 Å². The van der Waals surface area contributed by atoms with Gasteiger partial charge in [-0.05, 0) is 13.5 Å². The minimum atomic E-state index is -0.653. The van der Waals surface area contributed by atoms with Crippen molar-refractivity contribution in [3.8, 4) is 0 Å². The molecule has 0 bridgehead atoms. The van der Waals surface area contributed by atoms with Crippen LogP contribution in [0.1, 0.15) is 12.8 Å². The van der Waals surface area contributed by atoms with Gasteiger partial charge in [-0.3, -0.25) is 9.59 Å². The molecule has 0 unspecified atom stereocenters. The van der Waals surface area contributed by atoms with Gasteiger partial charge in [0, 0.05) is 19.5 Å². The Labute approximate surface area is 83.4 Å². The predicted octanol–water partition coefficient (Wildman–Crippen LogP) is -2.09. The van der Waals surface area contributed by atoms with Crippen molar-refractivity contribution in [1.82, 2.24) is 10.6 Å². The number of nitrogens with one attached hydrogen (secondary N) is 2. The Morgan fingerprint density at radius 3 is 2.50 bits per heavy atom. The minimum Gasteiger partial charge on any atom is -0.370 e. The average Bonchev–Trinajstić information content (AvgIpc) is 2.14. The molecule has 0 spiro atoms. The minimum absolute atomic E-state index is 0.139. The summed E-state index contributed by atoms with van der Waals surface area (Å²) in [4.78, 5) is 21.6. The van der Waals surface area contributed by atoms with E-state index < -0.39 is 11.9 Å². The van der Waals surface area contributed by atoms with Crippen LogP contribution in [-0.4, -0.2) is 38.0 Å². The van der Waals surface area contributed by atoms with Gasteiger partial charge in [-0.15, -0.1) is 0 Å². The highest BCUT2D eigenvalue weighted by molar-refractivity contribution is 5.82. The molecule has 0 aliphatic carbocycles. The van der Waals surface area contributed by atoms with E-state index in [0.717, 1.165) is 0 Å². The second kappa shape index (κ2) is 7.28. The first kappa shape index (κ1) is 12.9. The number of amides is 2. The van der Waals surface area contributed by atoms with Crippen molar-refractivity contribution in [2.45, 2.75) is 18.9 Å². The molecule has 6 heteroatoms. The lowest BCUT2D eigenvalue weighted by Crippen LogP contribution is -2.43. The summed E-state index contributed by atoms with van der Waals surface area (Å²) in [5, 5.41) is 5.51. The van der Waals surface area contributed by atoms with E-state index in [9.17, 15) is 9.59 Å². The summed E-state index contributed by atoms with van der Waals surface area (Å²) in [6, 6.07) is -0.653. The number of carbonyl (C=O) groups excluding carboxylic acids is 2. The molecule has 0 saturated heterocycles. The first-order valence-electron chi connectivity index (χ1n) is 4.54. The summed E-state index contributed by atoms with van der Waals surface area (Å²) < 4.78 is 0. The van der Waals surface area contributed by atoms with Crippen LogP contribution in [0, 0.1) is 0 Å². The maximum Gasteiger partial charge on any atom is 0.236 e. The summed E-state index contributed by atoms with van der Waals surface area (Å²) in [7, 11) is 1.79. The van der Waals surface area contributed by atoms with Crippen molar-refractivity contribution in [3.63, 3.8) is 0 Å². The smallest absolute Gasteiger partial charge is 0.236 e. The number of rotatable bonds is 7. The lowest BCUT2D eigenvalue weighted by Gasteiger charge is -2.10. The van der Waals surface area contributed by atoms with Gasteiger partial charge in [0.05, 0.1) is 6.04 Å². The zero-order valence-corrected chi connectivity index (χ0v) is 8.38. The predicted molar refractivity (Wildman–Crippen MR) is 53.3 cm³/mol. The third kappa shape index (κ3) is 6.38. The van der Waals surface area contributed by atoms with Gasteiger partial charge in [0.2, 0.25) is 11.8 Å². The number of hydrogen-bond acceptors (Lipinski definition) is 4. The second-order valence-electron chi connectivity index (χ2n) is 3.01. The molecule has 0 heterocycles. The van der Waals surface area contributed by atoms with Gasteiger partial charge in [0.25, 0.3) is 0 Å². The zero-order valence-electron chi connectivity index (χ0n) is 8.38. The van der Waals surface area contributed by atoms with Gasteiger partial charge in [0.1, 0.15) is 0 Å². The van der Waals surface area contributed by atoms with Crippen molar-refractivity contribution < 1.29 is 9.59 Å². The average molecular weight is 202 g/mol. The van der Waals surface area contributed by atoms with E-state index in [0.29, 0.717) is 19.5 Å². The Balaban J connectivity index is 3.59. The molecule has 14 heavy (non-hydrogen) atoms. The van der Waals surface area contributed by atoms with Crippen LogP contribution in [0.2, 0.25) is 0 Å². The normalized spacial score (nSPS) is 12.1. The van der Waals surface area contributed by atoms with Gasteiger partial charge >= 0.3 is 0 Å². The number of nitrogens with two attached hydrogens (primary N) is 2. The van der Waals surface area contributed by atoms with Crippen molar-refractivity contribution in [2.24, 2.45) is 11.5 Å². The molecule has 0 aliphatic rings. The van der Waals surface area contributed by atoms with Crippen molar-refractivity contribution in [3.05, 3.63) is 0 Å². The highest BCUT2D eigenvalue weighted by atomic mass is 16.2. The van der Waals surface area contributed by atoms with E-state index in [2.05, 4.69) is 10.6 Å². The fourth-order valence-corrected chi connectivity index (χ4v) is 0.871. The zero-order chi connectivity index (χ0) is 11.0. The molecule has 6 N–H and O–H groups in total. The number of likely N-dealkylation sites (N-methyl/N-ethyl adjacent to an activating group) is 1. The molecule has 0 saturated carbocycles. The molecule has 0 aromatic heterocycles. The standard InChI is InChI=1S/C8H18N4O2/c1-11-4-5-12-8(14)6(9)2-3-7(10)13/h6,11H,2-5,9H2,1H3,(H2,10,13)(H,12,14)/t6-/m1/s1. The van der Waals surface area contributed by atoms with E-state index in [4.69, 9.17) is 11.5 Å². The third-order valence-electron chi connectivity index (χ3n) is 1.71. The highest BCUT2D eigenvalue weighted by Gasteiger charge is 2.12. The summed E-state index contributed by atoms with van der Waals surface area (Å²) in [5.41, 5.74) is 10.4. The van der Waals surface area contributed by atoms with Gasteiger partial charge in [-0.25, -0.2) is 0 Å². The molecule has 0 aromatic carbocycles. The molecule has 0 aliphatic heterocycles. The lowest BCUT2D eigenvalue weighted by atomic mass is 10.1. The van der Waals surface area contributed by atoms with E-state index in [-0.39, 0.29) is 12.3 Å². The fraction of sp³-hybridized carbons (Fsp3) is 0.750. The monoisotopic (exact) mass is 202 g/mol. The molecule has 1 atom stereocenters. The van der Waals surface area contributed by atoms with E-state index in [1.54, 1.807) is 7.05 Å². The molecule has 0 aromatic rings. The lowest BCUT2D eigenvalue weighted by molar-refractivity contribution is -0.122. The van der Waals surface area contributed by atoms with Gasteiger partial charge in [-0.1, -0.05) is 0 Å². The Hall–Kier alpha value is -1.14. The Kier molecular flexibility index (Phi) is 6.69. The summed E-state index contributed by atoms with van der Waals surface area (Å²) >= 11 is 0. The van der Waals surface area contributed by atoms with Crippen LogP contribution in [0.4, 0.5) is 0 Å². The van der Waals surface area contributed by atoms with Crippen molar-refractivity contribution >= 4 is 11.8 Å². The van der Waals surface area contributed by atoms with Crippen LogP contribution in [0.15, 0.2) is 0 Å². The largest absolute Gasteiger partial charge is 0.370 e. The van der Waals surface area contributed by atoms with Crippen molar-refractivity contribution in [2.75, 3.05) is 20.1 Å². The highest BCUT2D eigenvalue weighted by Crippen LogP contribution is 1.93. The van der Waals surface area contributed by atoms with Crippen LogP contribution >= 0.6 is 0 Å². The SMILES string of the molecule is CNCCNC(=O)[C@H](N)CCC(N)=O. The number of carbonyl (C=O) groups is 2. The fourth-order valence-electron chi connectivity index (χ4n) is 0.871. The maximum absolute atomic E-state index is 11.2. The van der Waals surface area contributed by atoms with Gasteiger partial charge in [0.15, 0.2) is 0 Å². The topological polar surface area (TPSA) is 110 Å². The molecular formula is C8H18N4O2. The van der Waals surface area contributed by atoms with Gasteiger partial charge in [-0.2, -0.15) is 0 Å². The first-order valence-corrected chi connectivity index (χ1v) is 4.54. The quantitative estimate of drug-likeness (QED) is 0.355. The molecule has 0 fully saturated rings. The first-order chi connectivity index (χ1) is 6.57. The van der Waals surface area contributed by atoms with Crippen LogP contribution in [0.3, 0.4) is 0 Å². The second-order valence-corrected chi connectivity index (χ2v) is 3.01. The molecule has 2 amide bonds. The summed E-state index contributed by atoms with van der Waals surface area (Å²) in [5.74, 6) is -0.690. The molecule has 6 nitrogen and oxygen atoms in total. The Morgan fingerprint density at radius 1 is 1.36 bits per heavy atom. The van der Waals surface area contributed by atoms with Crippen LogP contribution in [-0.2, 0) is 9.59 Å². The molecule has 82 valence electrons. The van der Waals surface area contributed by atoms with Crippen LogP contribution in [0.25, 0.3) is 0 Å². The Morgan fingerprint density at radius 2 is 2.00 bits per heavy atom. The Bertz CT molecular complexity index is 196. The van der Waals surface area contributed by atoms with E-state index in [1.165, 1.54) is 0 Å². The van der Waals surface area contributed by atoms with E-state index in [1.807, 2.05) is 0 Å². The number of hydrogen-bond donors (Lipinski definition) is 4. The summed E-state index contributed by atoms with van der Waals surface area (Å²) in [6.07, 6.45) is 0.432. The van der Waals surface area contributed by atoms with Crippen LogP contribution < -0.4 is 22.1 Å². The molecular weight excluding hydrogens is 184 g/mol. The molecule has 0 radical (unpaired) electrons. The third-order valence-corrected chi connectivity index (χ3v) is 1.71.